The zero-order chi connectivity index (χ0) is 16.5. The van der Waals surface area contributed by atoms with Crippen molar-refractivity contribution in [1.82, 2.24) is 10.2 Å². The van der Waals surface area contributed by atoms with Gasteiger partial charge in [0, 0.05) is 6.54 Å². The molecule has 1 aliphatic heterocycles. The molecule has 2 atom stereocenters. The minimum Gasteiger partial charge on any atom is -0.328 e. The number of benzene rings is 1. The van der Waals surface area contributed by atoms with Crippen molar-refractivity contribution in [3.63, 3.8) is 0 Å². The van der Waals surface area contributed by atoms with Gasteiger partial charge in [0.2, 0.25) is 0 Å². The van der Waals surface area contributed by atoms with Gasteiger partial charge in [-0.15, -0.1) is 0 Å². The summed E-state index contributed by atoms with van der Waals surface area (Å²) in [6, 6.07) is 7.24. The van der Waals surface area contributed by atoms with Crippen LogP contribution in [0.15, 0.2) is 24.3 Å². The minimum absolute atomic E-state index is 0.213. The van der Waals surface area contributed by atoms with Crippen molar-refractivity contribution in [3.05, 3.63) is 35.4 Å². The highest BCUT2D eigenvalue weighted by Gasteiger charge is 2.52. The normalized spacial score (nSPS) is 23.1. The maximum atomic E-state index is 12.9. The minimum atomic E-state index is -0.976. The molecule has 120 valence electrons. The predicted molar refractivity (Wildman–Crippen MR) is 86.4 cm³/mol. The van der Waals surface area contributed by atoms with Crippen LogP contribution in [-0.2, 0) is 10.3 Å². The van der Waals surface area contributed by atoms with E-state index >= 15 is 0 Å². The summed E-state index contributed by atoms with van der Waals surface area (Å²) < 4.78 is 0. The van der Waals surface area contributed by atoms with Crippen LogP contribution in [-0.4, -0.2) is 29.4 Å². The summed E-state index contributed by atoms with van der Waals surface area (Å²) in [7, 11) is 0. The standard InChI is InChI=1S/C17H25N3O2/c1-5-17(14-8-6-13(7-9-14)11(2)3)15(21)20(12(4)10-18)16(22)19-17/h6-9,11-12H,5,10,18H2,1-4H3,(H,19,22). The average molecular weight is 303 g/mol. The highest BCUT2D eigenvalue weighted by molar-refractivity contribution is 6.07. The van der Waals surface area contributed by atoms with Crippen molar-refractivity contribution in [1.29, 1.82) is 0 Å². The van der Waals surface area contributed by atoms with E-state index in [0.29, 0.717) is 12.3 Å². The number of carbonyl (C=O) groups is 2. The average Bonchev–Trinajstić information content (AvgIpc) is 2.78. The van der Waals surface area contributed by atoms with Crippen LogP contribution < -0.4 is 11.1 Å². The molecule has 5 heteroatoms. The fourth-order valence-corrected chi connectivity index (χ4v) is 2.89. The van der Waals surface area contributed by atoms with E-state index < -0.39 is 5.54 Å². The Morgan fingerprint density at radius 1 is 1.18 bits per heavy atom. The lowest BCUT2D eigenvalue weighted by molar-refractivity contribution is -0.133. The molecule has 0 spiro atoms. The van der Waals surface area contributed by atoms with E-state index in [1.807, 2.05) is 31.2 Å². The molecule has 0 aromatic heterocycles. The van der Waals surface area contributed by atoms with Gasteiger partial charge < -0.3 is 11.1 Å². The van der Waals surface area contributed by atoms with Crippen LogP contribution in [0.3, 0.4) is 0 Å². The second-order valence-electron chi connectivity index (χ2n) is 6.23. The summed E-state index contributed by atoms with van der Waals surface area (Å²) in [5.41, 5.74) is 6.68. The Labute approximate surface area is 131 Å². The number of nitrogens with one attached hydrogen (secondary N) is 1. The van der Waals surface area contributed by atoms with E-state index in [-0.39, 0.29) is 24.5 Å². The molecule has 1 aliphatic rings. The van der Waals surface area contributed by atoms with E-state index in [2.05, 4.69) is 19.2 Å². The van der Waals surface area contributed by atoms with Crippen LogP contribution in [0, 0.1) is 0 Å². The molecular weight excluding hydrogens is 278 g/mol. The molecule has 0 radical (unpaired) electrons. The number of nitrogens with two attached hydrogens (primary N) is 1. The maximum absolute atomic E-state index is 12.9. The molecule has 3 N–H and O–H groups in total. The van der Waals surface area contributed by atoms with Crippen LogP contribution in [0.4, 0.5) is 4.79 Å². The first-order chi connectivity index (χ1) is 10.4. The van der Waals surface area contributed by atoms with Gasteiger partial charge in [-0.3, -0.25) is 9.69 Å². The molecule has 1 fully saturated rings. The third-order valence-electron chi connectivity index (χ3n) is 4.51. The van der Waals surface area contributed by atoms with E-state index in [1.165, 1.54) is 10.5 Å². The molecule has 5 nitrogen and oxygen atoms in total. The van der Waals surface area contributed by atoms with Gasteiger partial charge in [-0.25, -0.2) is 4.79 Å². The third kappa shape index (κ3) is 2.50. The summed E-state index contributed by atoms with van der Waals surface area (Å²) in [5, 5.41) is 2.88. The molecule has 1 aromatic rings. The van der Waals surface area contributed by atoms with Crippen molar-refractivity contribution < 1.29 is 9.59 Å². The maximum Gasteiger partial charge on any atom is 0.325 e. The van der Waals surface area contributed by atoms with Crippen molar-refractivity contribution in [3.8, 4) is 0 Å². The summed E-state index contributed by atoms with van der Waals surface area (Å²) >= 11 is 0. The quantitative estimate of drug-likeness (QED) is 0.820. The monoisotopic (exact) mass is 303 g/mol. The number of amides is 3. The number of carbonyl (C=O) groups excluding carboxylic acids is 2. The van der Waals surface area contributed by atoms with Gasteiger partial charge in [-0.05, 0) is 30.4 Å². The number of urea groups is 1. The first-order valence-electron chi connectivity index (χ1n) is 7.83. The molecule has 22 heavy (non-hydrogen) atoms. The van der Waals surface area contributed by atoms with Gasteiger partial charge in [0.25, 0.3) is 5.91 Å². The molecule has 1 aromatic carbocycles. The van der Waals surface area contributed by atoms with E-state index in [9.17, 15) is 9.59 Å². The van der Waals surface area contributed by atoms with E-state index in [0.717, 1.165) is 5.56 Å². The topological polar surface area (TPSA) is 75.4 Å². The summed E-state index contributed by atoms with van der Waals surface area (Å²) in [4.78, 5) is 26.4. The van der Waals surface area contributed by atoms with Gasteiger partial charge in [0.15, 0.2) is 0 Å². The zero-order valence-corrected chi connectivity index (χ0v) is 13.7. The lowest BCUT2D eigenvalue weighted by Gasteiger charge is -2.27. The molecule has 1 heterocycles. The van der Waals surface area contributed by atoms with Crippen LogP contribution in [0.25, 0.3) is 0 Å². The molecule has 0 saturated carbocycles. The van der Waals surface area contributed by atoms with Crippen LogP contribution in [0.1, 0.15) is 51.2 Å². The van der Waals surface area contributed by atoms with Crippen molar-refractivity contribution in [2.24, 2.45) is 5.73 Å². The summed E-state index contributed by atoms with van der Waals surface area (Å²) in [5.74, 6) is 0.213. The fraction of sp³-hybridized carbons (Fsp3) is 0.529. The highest BCUT2D eigenvalue weighted by atomic mass is 16.2. The molecular formula is C17H25N3O2. The van der Waals surface area contributed by atoms with E-state index in [4.69, 9.17) is 5.73 Å². The Balaban J connectivity index is 2.41. The van der Waals surface area contributed by atoms with Crippen LogP contribution in [0.5, 0.6) is 0 Å². The summed E-state index contributed by atoms with van der Waals surface area (Å²) in [6.07, 6.45) is 0.506. The molecule has 2 rings (SSSR count). The number of nitrogens with zero attached hydrogens (tertiary/aromatic N) is 1. The first kappa shape index (κ1) is 16.5. The van der Waals surface area contributed by atoms with Crippen molar-refractivity contribution in [2.75, 3.05) is 6.54 Å². The van der Waals surface area contributed by atoms with Gasteiger partial charge >= 0.3 is 6.03 Å². The van der Waals surface area contributed by atoms with Gasteiger partial charge in [0.1, 0.15) is 5.54 Å². The molecule has 3 amide bonds. The smallest absolute Gasteiger partial charge is 0.325 e. The van der Waals surface area contributed by atoms with Gasteiger partial charge in [-0.1, -0.05) is 45.0 Å². The number of imide groups is 1. The Hall–Kier alpha value is -1.88. The van der Waals surface area contributed by atoms with E-state index in [1.54, 1.807) is 6.92 Å². The van der Waals surface area contributed by atoms with Crippen LogP contribution >= 0.6 is 0 Å². The molecule has 0 bridgehead atoms. The largest absolute Gasteiger partial charge is 0.328 e. The van der Waals surface area contributed by atoms with Gasteiger partial charge in [-0.2, -0.15) is 0 Å². The predicted octanol–water partition coefficient (Wildman–Crippen LogP) is 2.31. The summed E-state index contributed by atoms with van der Waals surface area (Å²) in [6.45, 7) is 8.19. The number of hydrogen-bond donors (Lipinski definition) is 2. The highest BCUT2D eigenvalue weighted by Crippen LogP contribution is 2.34. The zero-order valence-electron chi connectivity index (χ0n) is 13.7. The SMILES string of the molecule is CCC1(c2ccc(C(C)C)cc2)NC(=O)N(C(C)CN)C1=O. The molecule has 0 aliphatic carbocycles. The first-order valence-corrected chi connectivity index (χ1v) is 7.83. The fourth-order valence-electron chi connectivity index (χ4n) is 2.89. The van der Waals surface area contributed by atoms with Crippen LogP contribution in [0.2, 0.25) is 0 Å². The second kappa shape index (κ2) is 6.08. The van der Waals surface area contributed by atoms with Gasteiger partial charge in [0.05, 0.1) is 6.04 Å². The second-order valence-corrected chi connectivity index (χ2v) is 6.23. The third-order valence-corrected chi connectivity index (χ3v) is 4.51. The van der Waals surface area contributed by atoms with Crippen molar-refractivity contribution >= 4 is 11.9 Å². The molecule has 1 saturated heterocycles. The lowest BCUT2D eigenvalue weighted by atomic mass is 9.85. The Morgan fingerprint density at radius 2 is 1.77 bits per heavy atom. The molecule has 2 unspecified atom stereocenters. The van der Waals surface area contributed by atoms with Crippen molar-refractivity contribution in [2.45, 2.75) is 51.6 Å². The Bertz CT molecular complexity index is 568. The Morgan fingerprint density at radius 3 is 2.23 bits per heavy atom. The number of rotatable bonds is 5. The lowest BCUT2D eigenvalue weighted by Crippen LogP contribution is -2.46. The number of hydrogen-bond acceptors (Lipinski definition) is 3. The Kier molecular flexibility index (Phi) is 4.56.